The largest absolute Gasteiger partial charge is 0.497 e. The molecule has 1 aromatic heterocycles. The average molecular weight is 361 g/mol. The van der Waals surface area contributed by atoms with Gasteiger partial charge >= 0.3 is 0 Å². The third-order valence-corrected chi connectivity index (χ3v) is 5.07. The van der Waals surface area contributed by atoms with Gasteiger partial charge in [0.25, 0.3) is 5.22 Å². The number of carbonyl (C=O) groups excluding carboxylic acids is 1. The molecule has 1 aliphatic heterocycles. The van der Waals surface area contributed by atoms with Crippen molar-refractivity contribution >= 4 is 17.7 Å². The van der Waals surface area contributed by atoms with Gasteiger partial charge in [-0.25, -0.2) is 0 Å². The Morgan fingerprint density at radius 3 is 2.80 bits per heavy atom. The van der Waals surface area contributed by atoms with Crippen molar-refractivity contribution in [2.45, 2.75) is 25.5 Å². The molecule has 0 bridgehead atoms. The van der Waals surface area contributed by atoms with Crippen LogP contribution in [0.5, 0.6) is 5.75 Å². The van der Waals surface area contributed by atoms with Crippen LogP contribution in [0.4, 0.5) is 0 Å². The highest BCUT2D eigenvalue weighted by molar-refractivity contribution is 7.99. The smallest absolute Gasteiger partial charge is 0.277 e. The first-order valence-corrected chi connectivity index (χ1v) is 9.42. The first-order valence-electron chi connectivity index (χ1n) is 8.43. The molecule has 0 radical (unpaired) electrons. The molecule has 1 fully saturated rings. The van der Waals surface area contributed by atoms with E-state index in [1.54, 1.807) is 7.11 Å². The van der Waals surface area contributed by atoms with Gasteiger partial charge in [0.15, 0.2) is 0 Å². The van der Waals surface area contributed by atoms with Gasteiger partial charge in [-0.15, -0.1) is 10.2 Å². The summed E-state index contributed by atoms with van der Waals surface area (Å²) >= 11 is 1.29. The lowest BCUT2D eigenvalue weighted by Crippen LogP contribution is -2.43. The van der Waals surface area contributed by atoms with E-state index in [1.165, 1.54) is 18.2 Å². The maximum absolute atomic E-state index is 12.4. The Hall–Kier alpha value is -2.02. The monoisotopic (exact) mass is 361 g/mol. The maximum Gasteiger partial charge on any atom is 0.277 e. The molecule has 2 aromatic rings. The minimum atomic E-state index is 0.129. The fourth-order valence-corrected chi connectivity index (χ4v) is 3.89. The summed E-state index contributed by atoms with van der Waals surface area (Å²) in [4.78, 5) is 14.4. The zero-order valence-electron chi connectivity index (χ0n) is 14.8. The molecule has 1 aliphatic rings. The van der Waals surface area contributed by atoms with Crippen molar-refractivity contribution in [2.75, 3.05) is 26.0 Å². The van der Waals surface area contributed by atoms with Gasteiger partial charge in [-0.05, 0) is 36.5 Å². The quantitative estimate of drug-likeness (QED) is 0.761. The standard InChI is InChI=1S/C18H23N3O3S/c1-12-7-13(2)10-21(9-12)16(22)11-25-18-20-19-17(24-18)14-5-4-6-15(8-14)23-3/h4-6,8,12-13H,7,9-11H2,1-3H3/t12-,13+. The Balaban J connectivity index is 1.59. The van der Waals surface area contributed by atoms with Crippen molar-refractivity contribution < 1.29 is 13.9 Å². The van der Waals surface area contributed by atoms with Crippen LogP contribution in [0.25, 0.3) is 11.5 Å². The molecule has 0 spiro atoms. The molecule has 1 aromatic carbocycles. The summed E-state index contributed by atoms with van der Waals surface area (Å²) in [6.45, 7) is 6.06. The van der Waals surface area contributed by atoms with E-state index in [4.69, 9.17) is 9.15 Å². The molecule has 3 rings (SSSR count). The lowest BCUT2D eigenvalue weighted by Gasteiger charge is -2.34. The predicted octanol–water partition coefficient (Wildman–Crippen LogP) is 3.34. The highest BCUT2D eigenvalue weighted by Crippen LogP contribution is 2.27. The number of ether oxygens (including phenoxy) is 1. The van der Waals surface area contributed by atoms with Crippen LogP contribution in [-0.4, -0.2) is 47.0 Å². The Kier molecular flexibility index (Phi) is 5.63. The molecule has 2 atom stereocenters. The van der Waals surface area contributed by atoms with Gasteiger partial charge in [-0.3, -0.25) is 4.79 Å². The Labute approximate surface area is 151 Å². The summed E-state index contributed by atoms with van der Waals surface area (Å²) in [6.07, 6.45) is 1.19. The number of methoxy groups -OCH3 is 1. The molecular weight excluding hydrogens is 338 g/mol. The molecule has 0 unspecified atom stereocenters. The van der Waals surface area contributed by atoms with E-state index in [-0.39, 0.29) is 5.91 Å². The Bertz CT molecular complexity index is 724. The maximum atomic E-state index is 12.4. The van der Waals surface area contributed by atoms with Gasteiger partial charge in [-0.2, -0.15) is 0 Å². The van der Waals surface area contributed by atoms with E-state index < -0.39 is 0 Å². The first-order chi connectivity index (χ1) is 12.0. The molecule has 1 saturated heterocycles. The summed E-state index contributed by atoms with van der Waals surface area (Å²) < 4.78 is 10.9. The topological polar surface area (TPSA) is 68.5 Å². The Morgan fingerprint density at radius 1 is 1.32 bits per heavy atom. The Morgan fingerprint density at radius 2 is 2.08 bits per heavy atom. The van der Waals surface area contributed by atoms with Crippen LogP contribution >= 0.6 is 11.8 Å². The van der Waals surface area contributed by atoms with Gasteiger partial charge in [0.05, 0.1) is 12.9 Å². The number of hydrogen-bond donors (Lipinski definition) is 0. The summed E-state index contributed by atoms with van der Waals surface area (Å²) in [5.74, 6) is 2.72. The van der Waals surface area contributed by atoms with E-state index in [9.17, 15) is 4.79 Å². The fraction of sp³-hybridized carbons (Fsp3) is 0.500. The lowest BCUT2D eigenvalue weighted by molar-refractivity contribution is -0.130. The third-order valence-electron chi connectivity index (χ3n) is 4.26. The minimum absolute atomic E-state index is 0.129. The molecule has 1 amide bonds. The molecule has 7 heteroatoms. The highest BCUT2D eigenvalue weighted by Gasteiger charge is 2.25. The molecule has 0 aliphatic carbocycles. The third kappa shape index (κ3) is 4.54. The minimum Gasteiger partial charge on any atom is -0.497 e. The number of rotatable bonds is 5. The molecule has 0 N–H and O–H groups in total. The van der Waals surface area contributed by atoms with Crippen molar-refractivity contribution in [3.05, 3.63) is 24.3 Å². The van der Waals surface area contributed by atoms with Crippen LogP contribution in [-0.2, 0) is 4.79 Å². The molecule has 6 nitrogen and oxygen atoms in total. The molecule has 2 heterocycles. The summed E-state index contributed by atoms with van der Waals surface area (Å²) in [7, 11) is 1.61. The summed E-state index contributed by atoms with van der Waals surface area (Å²) in [5, 5.41) is 8.49. The number of thioether (sulfide) groups is 1. The number of benzene rings is 1. The zero-order chi connectivity index (χ0) is 17.8. The van der Waals surface area contributed by atoms with Crippen LogP contribution in [0.15, 0.2) is 33.9 Å². The van der Waals surface area contributed by atoms with E-state index >= 15 is 0 Å². The van der Waals surface area contributed by atoms with Gasteiger partial charge in [0.1, 0.15) is 5.75 Å². The van der Waals surface area contributed by atoms with Crippen LogP contribution in [0, 0.1) is 11.8 Å². The zero-order valence-corrected chi connectivity index (χ0v) is 15.6. The van der Waals surface area contributed by atoms with E-state index in [0.29, 0.717) is 28.7 Å². The van der Waals surface area contributed by atoms with Crippen LogP contribution in [0.1, 0.15) is 20.3 Å². The number of aromatic nitrogens is 2. The van der Waals surface area contributed by atoms with Crippen molar-refractivity contribution in [1.82, 2.24) is 15.1 Å². The van der Waals surface area contributed by atoms with Crippen molar-refractivity contribution in [1.29, 1.82) is 0 Å². The van der Waals surface area contributed by atoms with Crippen LogP contribution in [0.2, 0.25) is 0 Å². The molecule has 134 valence electrons. The molecule has 25 heavy (non-hydrogen) atoms. The SMILES string of the molecule is COc1cccc(-c2nnc(SCC(=O)N3C[C@H](C)C[C@H](C)C3)o2)c1. The lowest BCUT2D eigenvalue weighted by atomic mass is 9.92. The second-order valence-corrected chi connectivity index (χ2v) is 7.57. The number of amides is 1. The predicted molar refractivity (Wildman–Crippen MR) is 96.5 cm³/mol. The van der Waals surface area contributed by atoms with Crippen LogP contribution in [0.3, 0.4) is 0 Å². The van der Waals surface area contributed by atoms with Gasteiger partial charge in [-0.1, -0.05) is 31.7 Å². The second kappa shape index (κ2) is 7.91. The van der Waals surface area contributed by atoms with Crippen molar-refractivity contribution in [3.8, 4) is 17.2 Å². The van der Waals surface area contributed by atoms with Crippen molar-refractivity contribution in [2.24, 2.45) is 11.8 Å². The number of hydrogen-bond acceptors (Lipinski definition) is 6. The van der Waals surface area contributed by atoms with Gasteiger partial charge in [0.2, 0.25) is 11.8 Å². The van der Waals surface area contributed by atoms with E-state index in [1.807, 2.05) is 29.2 Å². The van der Waals surface area contributed by atoms with Crippen molar-refractivity contribution in [3.63, 3.8) is 0 Å². The highest BCUT2D eigenvalue weighted by atomic mass is 32.2. The normalized spacial score (nSPS) is 20.5. The molecule has 0 saturated carbocycles. The number of likely N-dealkylation sites (tertiary alicyclic amines) is 1. The summed E-state index contributed by atoms with van der Waals surface area (Å²) in [5.41, 5.74) is 0.795. The summed E-state index contributed by atoms with van der Waals surface area (Å²) in [6, 6.07) is 7.44. The number of piperidine rings is 1. The fourth-order valence-electron chi connectivity index (χ4n) is 3.22. The number of nitrogens with zero attached hydrogens (tertiary/aromatic N) is 3. The van der Waals surface area contributed by atoms with Gasteiger partial charge < -0.3 is 14.1 Å². The average Bonchev–Trinajstić information content (AvgIpc) is 3.08. The number of carbonyl (C=O) groups is 1. The first kappa shape index (κ1) is 17.8. The van der Waals surface area contributed by atoms with E-state index in [2.05, 4.69) is 24.0 Å². The van der Waals surface area contributed by atoms with Gasteiger partial charge in [0, 0.05) is 18.7 Å². The van der Waals surface area contributed by atoms with E-state index in [0.717, 1.165) is 24.4 Å². The molecular formula is C18H23N3O3S. The second-order valence-electron chi connectivity index (χ2n) is 6.64. The van der Waals surface area contributed by atoms with Crippen LogP contribution < -0.4 is 4.74 Å².